The largest absolute Gasteiger partial charge is 0.383 e. The van der Waals surface area contributed by atoms with Gasteiger partial charge in [0.2, 0.25) is 0 Å². The predicted octanol–water partition coefficient (Wildman–Crippen LogP) is 1.74. The maximum atomic E-state index is 5.94. The number of nitrogens with one attached hydrogen (secondary N) is 1. The number of anilines is 2. The van der Waals surface area contributed by atoms with Crippen molar-refractivity contribution in [1.82, 2.24) is 9.27 Å². The van der Waals surface area contributed by atoms with E-state index in [1.807, 2.05) is 0 Å². The Morgan fingerprint density at radius 3 is 2.89 bits per heavy atom. The molecule has 5 nitrogen and oxygen atoms in total. The van der Waals surface area contributed by atoms with E-state index < -0.39 is 0 Å². The van der Waals surface area contributed by atoms with Crippen LogP contribution in [0.1, 0.15) is 30.7 Å². The molecule has 0 unspecified atom stereocenters. The van der Waals surface area contributed by atoms with Crippen LogP contribution in [0.3, 0.4) is 0 Å². The van der Waals surface area contributed by atoms with E-state index >= 15 is 0 Å². The van der Waals surface area contributed by atoms with Gasteiger partial charge in [-0.05, 0) is 43.3 Å². The summed E-state index contributed by atoms with van der Waals surface area (Å²) in [6.07, 6.45) is 3.69. The van der Waals surface area contributed by atoms with Gasteiger partial charge in [0.1, 0.15) is 10.8 Å². The van der Waals surface area contributed by atoms with Gasteiger partial charge in [0.05, 0.1) is 13.2 Å². The van der Waals surface area contributed by atoms with Crippen molar-refractivity contribution >= 4 is 22.4 Å². The maximum Gasteiger partial charge on any atom is 0.142 e. The highest BCUT2D eigenvalue weighted by atomic mass is 32.1. The molecule has 1 aliphatic carbocycles. The van der Waals surface area contributed by atoms with Gasteiger partial charge in [0.25, 0.3) is 0 Å². The summed E-state index contributed by atoms with van der Waals surface area (Å²) in [4.78, 5) is 2.47. The van der Waals surface area contributed by atoms with Gasteiger partial charge < -0.3 is 15.8 Å². The van der Waals surface area contributed by atoms with E-state index in [0.29, 0.717) is 5.92 Å². The van der Waals surface area contributed by atoms with Crippen molar-refractivity contribution in [3.05, 3.63) is 5.56 Å². The number of nitrogen functional groups attached to an aromatic ring is 1. The van der Waals surface area contributed by atoms with E-state index in [-0.39, 0.29) is 0 Å². The summed E-state index contributed by atoms with van der Waals surface area (Å²) in [7, 11) is 0. The number of ether oxygens (including phenoxy) is 1. The molecule has 3 rings (SSSR count). The number of hydrogen-bond donors (Lipinski definition) is 2. The van der Waals surface area contributed by atoms with E-state index in [1.165, 1.54) is 34.9 Å². The first-order valence-corrected chi connectivity index (χ1v) is 7.91. The van der Waals surface area contributed by atoms with Gasteiger partial charge in [0, 0.05) is 25.2 Å². The summed E-state index contributed by atoms with van der Waals surface area (Å²) < 4.78 is 9.63. The molecule has 1 saturated carbocycles. The minimum Gasteiger partial charge on any atom is -0.383 e. The second kappa shape index (κ2) is 6.07. The molecule has 2 aliphatic rings. The first kappa shape index (κ1) is 13.1. The van der Waals surface area contributed by atoms with Crippen molar-refractivity contribution < 1.29 is 4.74 Å². The number of hydrogen-bond acceptors (Lipinski definition) is 6. The Labute approximate surface area is 118 Å². The molecule has 0 spiro atoms. The van der Waals surface area contributed by atoms with E-state index in [0.717, 1.165) is 51.6 Å². The minimum atomic E-state index is 0.667. The Balaban J connectivity index is 1.42. The van der Waals surface area contributed by atoms with E-state index in [2.05, 4.69) is 14.6 Å². The van der Waals surface area contributed by atoms with Crippen molar-refractivity contribution in [3.8, 4) is 0 Å². The van der Waals surface area contributed by atoms with Crippen LogP contribution in [0.4, 0.5) is 10.8 Å². The summed E-state index contributed by atoms with van der Waals surface area (Å²) in [6.45, 7) is 6.04. The number of nitrogens with two attached hydrogens (primary N) is 1. The fourth-order valence-electron chi connectivity index (χ4n) is 2.53. The zero-order valence-electron chi connectivity index (χ0n) is 11.2. The van der Waals surface area contributed by atoms with Crippen molar-refractivity contribution in [3.63, 3.8) is 0 Å². The summed E-state index contributed by atoms with van der Waals surface area (Å²) in [5.41, 5.74) is 7.22. The van der Waals surface area contributed by atoms with Crippen molar-refractivity contribution in [2.24, 2.45) is 0 Å². The first-order chi connectivity index (χ1) is 9.34. The molecule has 0 aromatic carbocycles. The third-order valence-electron chi connectivity index (χ3n) is 3.78. The molecule has 0 amide bonds. The fourth-order valence-corrected chi connectivity index (χ4v) is 3.36. The first-order valence-electron chi connectivity index (χ1n) is 7.13. The lowest BCUT2D eigenvalue weighted by atomic mass is 10.2. The van der Waals surface area contributed by atoms with Gasteiger partial charge in [0.15, 0.2) is 0 Å². The third kappa shape index (κ3) is 3.38. The van der Waals surface area contributed by atoms with E-state index in [1.54, 1.807) is 0 Å². The van der Waals surface area contributed by atoms with Crippen LogP contribution in [-0.2, 0) is 4.74 Å². The van der Waals surface area contributed by atoms with Crippen LogP contribution in [-0.4, -0.2) is 48.7 Å². The highest BCUT2D eigenvalue weighted by Crippen LogP contribution is 2.47. The standard InChI is InChI=1S/C13H22N4OS/c14-12-11(10-2-3-10)13(19-16-12)15-4-1-5-17-6-8-18-9-7-17/h10,15H,1-9H2,(H2,14,16). The lowest BCUT2D eigenvalue weighted by molar-refractivity contribution is 0.0378. The van der Waals surface area contributed by atoms with Crippen molar-refractivity contribution in [2.75, 3.05) is 50.4 Å². The highest BCUT2D eigenvalue weighted by Gasteiger charge is 2.30. The van der Waals surface area contributed by atoms with Crippen LogP contribution in [0.25, 0.3) is 0 Å². The summed E-state index contributed by atoms with van der Waals surface area (Å²) >= 11 is 1.51. The Morgan fingerprint density at radius 1 is 1.37 bits per heavy atom. The predicted molar refractivity (Wildman–Crippen MR) is 78.9 cm³/mol. The topological polar surface area (TPSA) is 63.4 Å². The quantitative estimate of drug-likeness (QED) is 0.778. The lowest BCUT2D eigenvalue weighted by Crippen LogP contribution is -2.37. The highest BCUT2D eigenvalue weighted by molar-refractivity contribution is 7.10. The fraction of sp³-hybridized carbons (Fsp3) is 0.769. The molecule has 2 fully saturated rings. The molecule has 1 saturated heterocycles. The van der Waals surface area contributed by atoms with Crippen LogP contribution < -0.4 is 11.1 Å². The number of morpholine rings is 1. The van der Waals surface area contributed by atoms with Gasteiger partial charge in [-0.25, -0.2) is 0 Å². The zero-order chi connectivity index (χ0) is 13.1. The second-order valence-electron chi connectivity index (χ2n) is 5.32. The zero-order valence-corrected chi connectivity index (χ0v) is 12.0. The van der Waals surface area contributed by atoms with E-state index in [4.69, 9.17) is 10.5 Å². The normalized spacial score (nSPS) is 20.6. The van der Waals surface area contributed by atoms with Gasteiger partial charge in [-0.1, -0.05) is 0 Å². The molecule has 0 atom stereocenters. The Hall–Kier alpha value is -0.850. The Bertz CT molecular complexity index is 413. The monoisotopic (exact) mass is 282 g/mol. The smallest absolute Gasteiger partial charge is 0.142 e. The van der Waals surface area contributed by atoms with Crippen LogP contribution in [0.5, 0.6) is 0 Å². The Morgan fingerprint density at radius 2 is 2.16 bits per heavy atom. The molecule has 0 radical (unpaired) electrons. The third-order valence-corrected chi connectivity index (χ3v) is 4.62. The molecule has 106 valence electrons. The van der Waals surface area contributed by atoms with Gasteiger partial charge >= 0.3 is 0 Å². The maximum absolute atomic E-state index is 5.94. The summed E-state index contributed by atoms with van der Waals surface area (Å²) in [6, 6.07) is 0. The number of rotatable bonds is 6. The molecule has 2 heterocycles. The number of nitrogens with zero attached hydrogens (tertiary/aromatic N) is 2. The summed E-state index contributed by atoms with van der Waals surface area (Å²) in [5, 5.41) is 4.71. The molecule has 1 aliphatic heterocycles. The Kier molecular flexibility index (Phi) is 4.20. The average Bonchev–Trinajstić information content (AvgIpc) is 3.20. The van der Waals surface area contributed by atoms with Gasteiger partial charge in [-0.15, -0.1) is 0 Å². The average molecular weight is 282 g/mol. The van der Waals surface area contributed by atoms with E-state index in [9.17, 15) is 0 Å². The van der Waals surface area contributed by atoms with Crippen LogP contribution in [0.2, 0.25) is 0 Å². The molecular weight excluding hydrogens is 260 g/mol. The molecule has 1 aromatic heterocycles. The van der Waals surface area contributed by atoms with Crippen LogP contribution in [0, 0.1) is 0 Å². The number of aromatic nitrogens is 1. The van der Waals surface area contributed by atoms with Gasteiger partial charge in [-0.3, -0.25) is 4.90 Å². The molecule has 19 heavy (non-hydrogen) atoms. The SMILES string of the molecule is Nc1nsc(NCCCN2CCOCC2)c1C1CC1. The van der Waals surface area contributed by atoms with Crippen LogP contribution >= 0.6 is 11.5 Å². The molecule has 3 N–H and O–H groups in total. The lowest BCUT2D eigenvalue weighted by Gasteiger charge is -2.26. The molecule has 1 aromatic rings. The van der Waals surface area contributed by atoms with Gasteiger partial charge in [-0.2, -0.15) is 4.37 Å². The molecular formula is C13H22N4OS. The molecule has 6 heteroatoms. The minimum absolute atomic E-state index is 0.667. The van der Waals surface area contributed by atoms with Crippen molar-refractivity contribution in [2.45, 2.75) is 25.2 Å². The second-order valence-corrected chi connectivity index (χ2v) is 6.09. The summed E-state index contributed by atoms with van der Waals surface area (Å²) in [5.74, 6) is 1.41. The van der Waals surface area contributed by atoms with Crippen molar-refractivity contribution in [1.29, 1.82) is 0 Å². The van der Waals surface area contributed by atoms with Crippen LogP contribution in [0.15, 0.2) is 0 Å². The molecule has 0 bridgehead atoms.